The van der Waals surface area contributed by atoms with Crippen molar-refractivity contribution in [3.05, 3.63) is 64.8 Å². The molecule has 1 aromatic heterocycles. The number of carbonyl (C=O) groups excluding carboxylic acids is 1. The van der Waals surface area contributed by atoms with Gasteiger partial charge in [-0.1, -0.05) is 12.1 Å². The van der Waals surface area contributed by atoms with Gasteiger partial charge in [0, 0.05) is 22.4 Å². The Hall–Kier alpha value is -2.48. The van der Waals surface area contributed by atoms with Crippen LogP contribution in [0.1, 0.15) is 22.5 Å². The van der Waals surface area contributed by atoms with Gasteiger partial charge in [-0.15, -0.1) is 24.9 Å². The minimum absolute atomic E-state index is 0.0504. The topological polar surface area (TPSA) is 44.1 Å². The molecular weight excluding hydrogens is 353 g/mol. The van der Waals surface area contributed by atoms with Crippen molar-refractivity contribution in [1.82, 2.24) is 9.78 Å². The summed E-state index contributed by atoms with van der Waals surface area (Å²) < 4.78 is 41.7. The Morgan fingerprint density at radius 2 is 2.12 bits per heavy atom. The lowest BCUT2D eigenvalue weighted by Crippen LogP contribution is -2.18. The van der Waals surface area contributed by atoms with Gasteiger partial charge in [0.1, 0.15) is 5.75 Å². The summed E-state index contributed by atoms with van der Waals surface area (Å²) in [4.78, 5) is 13.5. The van der Waals surface area contributed by atoms with Gasteiger partial charge in [0.25, 0.3) is 5.91 Å². The highest BCUT2D eigenvalue weighted by molar-refractivity contribution is 8.03. The summed E-state index contributed by atoms with van der Waals surface area (Å²) in [6, 6.07) is 6.55. The van der Waals surface area contributed by atoms with E-state index in [-0.39, 0.29) is 5.56 Å². The summed E-state index contributed by atoms with van der Waals surface area (Å²) in [5.74, 6) is 0.0701. The summed E-state index contributed by atoms with van der Waals surface area (Å²) in [5.41, 5.74) is 0.638. The molecular formula is C17H13F3N2O2S. The Morgan fingerprint density at radius 3 is 2.84 bits per heavy atom. The molecule has 0 radical (unpaired) electrons. The number of benzene rings is 1. The SMILES string of the molecule is O=C(c1cccc(OC(F)(F)F)c1)n1ccc(/C=C/C2=CCCS2)n1. The largest absolute Gasteiger partial charge is 0.573 e. The molecule has 1 aliphatic rings. The van der Waals surface area contributed by atoms with E-state index in [4.69, 9.17) is 0 Å². The minimum Gasteiger partial charge on any atom is -0.406 e. The van der Waals surface area contributed by atoms with E-state index in [0.717, 1.165) is 33.9 Å². The fourth-order valence-corrected chi connectivity index (χ4v) is 3.09. The highest BCUT2D eigenvalue weighted by Gasteiger charge is 2.31. The second kappa shape index (κ2) is 7.18. The van der Waals surface area contributed by atoms with Crippen molar-refractivity contribution in [3.8, 4) is 5.75 Å². The van der Waals surface area contributed by atoms with E-state index in [1.807, 2.05) is 6.08 Å². The first-order chi connectivity index (χ1) is 11.9. The van der Waals surface area contributed by atoms with Crippen LogP contribution in [0.3, 0.4) is 0 Å². The van der Waals surface area contributed by atoms with Crippen LogP contribution in [-0.4, -0.2) is 27.8 Å². The van der Waals surface area contributed by atoms with E-state index in [9.17, 15) is 18.0 Å². The number of aromatic nitrogens is 2. The second-order valence-electron chi connectivity index (χ2n) is 5.14. The third-order valence-corrected chi connectivity index (χ3v) is 4.36. The molecule has 0 amide bonds. The molecule has 0 saturated carbocycles. The van der Waals surface area contributed by atoms with Crippen LogP contribution in [0.4, 0.5) is 13.2 Å². The van der Waals surface area contributed by atoms with Crippen LogP contribution in [-0.2, 0) is 0 Å². The molecule has 2 heterocycles. The van der Waals surface area contributed by atoms with Crippen molar-refractivity contribution >= 4 is 23.7 Å². The number of carbonyl (C=O) groups is 1. The number of alkyl halides is 3. The van der Waals surface area contributed by atoms with Crippen LogP contribution in [0, 0.1) is 0 Å². The van der Waals surface area contributed by atoms with Gasteiger partial charge < -0.3 is 4.74 Å². The average molecular weight is 366 g/mol. The molecule has 4 nitrogen and oxygen atoms in total. The van der Waals surface area contributed by atoms with Gasteiger partial charge in [0.15, 0.2) is 0 Å². The normalized spacial score (nSPS) is 14.8. The monoisotopic (exact) mass is 366 g/mol. The van der Waals surface area contributed by atoms with Gasteiger partial charge >= 0.3 is 6.36 Å². The van der Waals surface area contributed by atoms with Crippen LogP contribution in [0.15, 0.2) is 53.6 Å². The summed E-state index contributed by atoms with van der Waals surface area (Å²) in [6.45, 7) is 0. The number of nitrogens with zero attached hydrogens (tertiary/aromatic N) is 2. The van der Waals surface area contributed by atoms with E-state index in [2.05, 4.69) is 15.9 Å². The number of rotatable bonds is 4. The summed E-state index contributed by atoms with van der Waals surface area (Å²) in [6.07, 6.45) is 3.53. The first-order valence-corrected chi connectivity index (χ1v) is 8.36. The Bertz CT molecular complexity index is 840. The Morgan fingerprint density at radius 1 is 1.28 bits per heavy atom. The minimum atomic E-state index is -4.81. The van der Waals surface area contributed by atoms with Crippen LogP contribution < -0.4 is 4.74 Å². The molecule has 0 saturated heterocycles. The number of hydrogen-bond acceptors (Lipinski definition) is 4. The van der Waals surface area contributed by atoms with Crippen LogP contribution in [0.5, 0.6) is 5.75 Å². The molecule has 0 aliphatic carbocycles. The average Bonchev–Trinajstić information content (AvgIpc) is 3.22. The Labute approximate surface area is 146 Å². The number of hydrogen-bond donors (Lipinski definition) is 0. The van der Waals surface area contributed by atoms with Crippen molar-refractivity contribution in [2.45, 2.75) is 12.8 Å². The first-order valence-electron chi connectivity index (χ1n) is 7.38. The fourth-order valence-electron chi connectivity index (χ4n) is 2.22. The van der Waals surface area contributed by atoms with E-state index < -0.39 is 18.0 Å². The molecule has 0 atom stereocenters. The first kappa shape index (κ1) is 17.3. The standard InChI is InChI=1S/C17H13F3N2O2S/c18-17(19,20)24-14-4-1-3-12(11-14)16(23)22-9-8-13(21-22)6-7-15-5-2-10-25-15/h1,3-9,11H,2,10H2/b7-6+. The molecule has 0 fully saturated rings. The molecule has 0 bridgehead atoms. The maximum absolute atomic E-state index is 12.4. The molecule has 25 heavy (non-hydrogen) atoms. The summed E-state index contributed by atoms with van der Waals surface area (Å²) >= 11 is 1.74. The van der Waals surface area contributed by atoms with E-state index in [0.29, 0.717) is 5.69 Å². The summed E-state index contributed by atoms with van der Waals surface area (Å²) in [7, 11) is 0. The highest BCUT2D eigenvalue weighted by atomic mass is 32.2. The molecule has 1 aromatic carbocycles. The van der Waals surface area contributed by atoms with Gasteiger partial charge in [0.05, 0.1) is 5.69 Å². The molecule has 0 N–H and O–H groups in total. The number of allylic oxidation sites excluding steroid dienone is 2. The van der Waals surface area contributed by atoms with E-state index >= 15 is 0 Å². The third-order valence-electron chi connectivity index (χ3n) is 3.28. The number of ether oxygens (including phenoxy) is 1. The Balaban J connectivity index is 1.74. The van der Waals surface area contributed by atoms with Crippen LogP contribution in [0.25, 0.3) is 6.08 Å². The van der Waals surface area contributed by atoms with Gasteiger partial charge in [0.2, 0.25) is 0 Å². The van der Waals surface area contributed by atoms with E-state index in [1.165, 1.54) is 18.3 Å². The predicted octanol–water partition coefficient (Wildman–Crippen LogP) is 4.50. The molecule has 8 heteroatoms. The third kappa shape index (κ3) is 4.76. The zero-order valence-electron chi connectivity index (χ0n) is 12.9. The fraction of sp³-hybridized carbons (Fsp3) is 0.176. The molecule has 0 unspecified atom stereocenters. The molecule has 0 spiro atoms. The maximum Gasteiger partial charge on any atom is 0.573 e. The van der Waals surface area contributed by atoms with Gasteiger partial charge in [-0.05, 0) is 42.8 Å². The van der Waals surface area contributed by atoms with Gasteiger partial charge in [-0.25, -0.2) is 4.68 Å². The van der Waals surface area contributed by atoms with Crippen molar-refractivity contribution in [3.63, 3.8) is 0 Å². The lowest BCUT2D eigenvalue weighted by molar-refractivity contribution is -0.274. The van der Waals surface area contributed by atoms with Crippen molar-refractivity contribution in [2.24, 2.45) is 0 Å². The number of thioether (sulfide) groups is 1. The van der Waals surface area contributed by atoms with Crippen LogP contribution >= 0.6 is 11.8 Å². The number of halogens is 3. The van der Waals surface area contributed by atoms with Crippen molar-refractivity contribution in [2.75, 3.05) is 5.75 Å². The molecule has 130 valence electrons. The van der Waals surface area contributed by atoms with Gasteiger partial charge in [-0.2, -0.15) is 5.10 Å². The van der Waals surface area contributed by atoms with Crippen LogP contribution in [0.2, 0.25) is 0 Å². The van der Waals surface area contributed by atoms with Gasteiger partial charge in [-0.3, -0.25) is 4.79 Å². The molecule has 3 rings (SSSR count). The van der Waals surface area contributed by atoms with Crippen molar-refractivity contribution < 1.29 is 22.7 Å². The van der Waals surface area contributed by atoms with Crippen molar-refractivity contribution in [1.29, 1.82) is 0 Å². The lowest BCUT2D eigenvalue weighted by atomic mass is 10.2. The Kier molecular flexibility index (Phi) is 4.98. The highest BCUT2D eigenvalue weighted by Crippen LogP contribution is 2.26. The zero-order valence-corrected chi connectivity index (χ0v) is 13.7. The lowest BCUT2D eigenvalue weighted by Gasteiger charge is -2.09. The second-order valence-corrected chi connectivity index (χ2v) is 6.31. The smallest absolute Gasteiger partial charge is 0.406 e. The van der Waals surface area contributed by atoms with E-state index in [1.54, 1.807) is 23.9 Å². The molecule has 1 aliphatic heterocycles. The quantitative estimate of drug-likeness (QED) is 0.799. The molecule has 2 aromatic rings. The maximum atomic E-state index is 12.4. The zero-order chi connectivity index (χ0) is 17.9. The predicted molar refractivity (Wildman–Crippen MR) is 89.3 cm³/mol. The summed E-state index contributed by atoms with van der Waals surface area (Å²) in [5, 5.41) is 4.13.